The number of nitrogens with zero attached hydrogens (tertiary/aromatic N) is 1. The monoisotopic (exact) mass is 361 g/mol. The van der Waals surface area contributed by atoms with E-state index in [1.807, 2.05) is 6.92 Å². The molecule has 0 radical (unpaired) electrons. The predicted octanol–water partition coefficient (Wildman–Crippen LogP) is 2.62. The molecule has 2 saturated heterocycles. The molecule has 0 spiro atoms. The minimum atomic E-state index is -3.53. The van der Waals surface area contributed by atoms with Crippen LogP contribution in [-0.2, 0) is 19.4 Å². The minimum absolute atomic E-state index is 0.0625. The average molecular weight is 361 g/mol. The van der Waals surface area contributed by atoms with Gasteiger partial charge in [-0.05, 0) is 38.0 Å². The number of ether oxygens (including phenoxy) is 1. The maximum Gasteiger partial charge on any atom is 0.226 e. The molecule has 0 N–H and O–H groups in total. The molecule has 3 atom stereocenters. The molecule has 2 aliphatic heterocycles. The summed E-state index contributed by atoms with van der Waals surface area (Å²) in [6, 6.07) is 6.86. The third kappa shape index (κ3) is 3.70. The van der Waals surface area contributed by atoms with Crippen molar-refractivity contribution in [2.75, 3.05) is 6.54 Å². The lowest BCUT2D eigenvalue weighted by molar-refractivity contribution is -0.125. The molecule has 2 heterocycles. The molecule has 0 aliphatic carbocycles. The van der Waals surface area contributed by atoms with E-state index in [4.69, 9.17) is 4.74 Å². The first kappa shape index (κ1) is 17.9. The summed E-state index contributed by atoms with van der Waals surface area (Å²) < 4.78 is 31.9. The Morgan fingerprint density at radius 1 is 1.28 bits per heavy atom. The Hall–Kier alpha value is -1.92. The molecule has 0 bridgehead atoms. The topological polar surface area (TPSA) is 63.7 Å². The third-order valence-corrected chi connectivity index (χ3v) is 6.93. The number of amides is 1. The van der Waals surface area contributed by atoms with Crippen LogP contribution in [0.25, 0.3) is 0 Å². The van der Waals surface area contributed by atoms with Crippen LogP contribution >= 0.6 is 0 Å². The zero-order valence-corrected chi connectivity index (χ0v) is 15.1. The molecular formula is C19H23NO4S. The summed E-state index contributed by atoms with van der Waals surface area (Å²) in [5, 5.41) is -0.688. The van der Waals surface area contributed by atoms with Crippen LogP contribution in [0.5, 0.6) is 0 Å². The van der Waals surface area contributed by atoms with Crippen LogP contribution in [0.4, 0.5) is 0 Å². The molecule has 134 valence electrons. The Labute approximate surface area is 148 Å². The molecule has 3 rings (SSSR count). The molecule has 0 saturated carbocycles. The van der Waals surface area contributed by atoms with E-state index in [9.17, 15) is 13.2 Å². The van der Waals surface area contributed by atoms with Crippen LogP contribution in [0.3, 0.4) is 0 Å². The lowest BCUT2D eigenvalue weighted by Gasteiger charge is -2.17. The summed E-state index contributed by atoms with van der Waals surface area (Å²) in [6.07, 6.45) is 5.82. The van der Waals surface area contributed by atoms with E-state index < -0.39 is 21.2 Å². The van der Waals surface area contributed by atoms with Crippen LogP contribution in [0.2, 0.25) is 0 Å². The molecule has 2 fully saturated rings. The van der Waals surface area contributed by atoms with E-state index in [1.54, 1.807) is 47.5 Å². The standard InChI is InChI=1S/C19H23NO4S/c1-3-15-13-18(25(22,23)16-8-6-14(2)7-9-16)17(24-15)10-12-20-11-4-5-19(20)21/h3,6-10,12,15,17-18H,1,4-5,11,13H2,2H3/b12-10+/t15-,17+,18+/m0/s1. The van der Waals surface area contributed by atoms with E-state index in [-0.39, 0.29) is 12.0 Å². The van der Waals surface area contributed by atoms with Crippen LogP contribution in [0.1, 0.15) is 24.8 Å². The molecule has 25 heavy (non-hydrogen) atoms. The summed E-state index contributed by atoms with van der Waals surface area (Å²) in [5.41, 5.74) is 1.01. The van der Waals surface area contributed by atoms with E-state index in [1.165, 1.54) is 0 Å². The van der Waals surface area contributed by atoms with Crippen molar-refractivity contribution >= 4 is 15.7 Å². The van der Waals surface area contributed by atoms with Crippen LogP contribution in [-0.4, -0.2) is 43.2 Å². The van der Waals surface area contributed by atoms with E-state index in [2.05, 4.69) is 6.58 Å². The van der Waals surface area contributed by atoms with Crippen LogP contribution < -0.4 is 0 Å². The lowest BCUT2D eigenvalue weighted by Crippen LogP contribution is -2.29. The Morgan fingerprint density at radius 2 is 2.00 bits per heavy atom. The fourth-order valence-electron chi connectivity index (χ4n) is 3.25. The number of carbonyl (C=O) groups excluding carboxylic acids is 1. The van der Waals surface area contributed by atoms with Gasteiger partial charge in [0.1, 0.15) is 0 Å². The molecule has 0 unspecified atom stereocenters. The number of aryl methyl sites for hydroxylation is 1. The number of hydrogen-bond donors (Lipinski definition) is 0. The summed E-state index contributed by atoms with van der Waals surface area (Å²) >= 11 is 0. The summed E-state index contributed by atoms with van der Waals surface area (Å²) in [7, 11) is -3.53. The second kappa shape index (κ2) is 7.14. The van der Waals surface area contributed by atoms with Crippen molar-refractivity contribution in [2.24, 2.45) is 0 Å². The summed E-state index contributed by atoms with van der Waals surface area (Å²) in [4.78, 5) is 13.7. The molecule has 0 aromatic heterocycles. The smallest absolute Gasteiger partial charge is 0.226 e. The summed E-state index contributed by atoms with van der Waals surface area (Å²) in [6.45, 7) is 6.31. The maximum atomic E-state index is 13.0. The zero-order chi connectivity index (χ0) is 18.0. The fourth-order valence-corrected chi connectivity index (χ4v) is 5.07. The Bertz CT molecular complexity index is 782. The van der Waals surface area contributed by atoms with Gasteiger partial charge in [-0.25, -0.2) is 8.42 Å². The van der Waals surface area contributed by atoms with Gasteiger partial charge in [-0.3, -0.25) is 4.79 Å². The van der Waals surface area contributed by atoms with Crippen LogP contribution in [0.15, 0.2) is 54.1 Å². The highest BCUT2D eigenvalue weighted by atomic mass is 32.2. The molecule has 1 aromatic rings. The van der Waals surface area contributed by atoms with Crippen molar-refractivity contribution in [3.8, 4) is 0 Å². The van der Waals surface area contributed by atoms with Gasteiger partial charge in [-0.15, -0.1) is 6.58 Å². The van der Waals surface area contributed by atoms with Crippen molar-refractivity contribution in [1.29, 1.82) is 0 Å². The number of rotatable bonds is 5. The largest absolute Gasteiger partial charge is 0.365 e. The Morgan fingerprint density at radius 3 is 2.60 bits per heavy atom. The van der Waals surface area contributed by atoms with Crippen molar-refractivity contribution in [1.82, 2.24) is 4.90 Å². The molecule has 6 heteroatoms. The highest BCUT2D eigenvalue weighted by molar-refractivity contribution is 7.92. The number of likely N-dealkylation sites (tertiary alicyclic amines) is 1. The summed E-state index contributed by atoms with van der Waals surface area (Å²) in [5.74, 6) is 0.0625. The van der Waals surface area contributed by atoms with E-state index in [0.717, 1.165) is 12.0 Å². The lowest BCUT2D eigenvalue weighted by atomic mass is 10.2. The SMILES string of the molecule is C=C[C@H]1C[C@@H](S(=O)(=O)c2ccc(C)cc2)[C@@H](/C=C/N2CCCC2=O)O1. The fraction of sp³-hybridized carbons (Fsp3) is 0.421. The van der Waals surface area contributed by atoms with Gasteiger partial charge in [0.05, 0.1) is 22.4 Å². The first-order chi connectivity index (χ1) is 11.9. The van der Waals surface area contributed by atoms with Gasteiger partial charge in [0.25, 0.3) is 0 Å². The highest BCUT2D eigenvalue weighted by Gasteiger charge is 2.42. The second-order valence-corrected chi connectivity index (χ2v) is 8.71. The second-order valence-electron chi connectivity index (χ2n) is 6.54. The van der Waals surface area contributed by atoms with E-state index >= 15 is 0 Å². The number of carbonyl (C=O) groups is 1. The molecule has 1 aromatic carbocycles. The number of hydrogen-bond acceptors (Lipinski definition) is 4. The quantitative estimate of drug-likeness (QED) is 0.756. The Kier molecular flexibility index (Phi) is 5.11. The minimum Gasteiger partial charge on any atom is -0.365 e. The number of sulfone groups is 1. The molecule has 5 nitrogen and oxygen atoms in total. The van der Waals surface area contributed by atoms with Crippen molar-refractivity contribution in [2.45, 2.75) is 48.5 Å². The van der Waals surface area contributed by atoms with Crippen molar-refractivity contribution in [3.63, 3.8) is 0 Å². The van der Waals surface area contributed by atoms with Crippen molar-refractivity contribution in [3.05, 3.63) is 54.8 Å². The van der Waals surface area contributed by atoms with Gasteiger partial charge in [-0.2, -0.15) is 0 Å². The van der Waals surface area contributed by atoms with Gasteiger partial charge in [0, 0.05) is 19.2 Å². The van der Waals surface area contributed by atoms with Gasteiger partial charge in [-0.1, -0.05) is 23.8 Å². The van der Waals surface area contributed by atoms with Gasteiger partial charge in [0.15, 0.2) is 9.84 Å². The van der Waals surface area contributed by atoms with Gasteiger partial charge < -0.3 is 9.64 Å². The van der Waals surface area contributed by atoms with Crippen LogP contribution in [0, 0.1) is 6.92 Å². The van der Waals surface area contributed by atoms with Crippen molar-refractivity contribution < 1.29 is 17.9 Å². The zero-order valence-electron chi connectivity index (χ0n) is 14.3. The predicted molar refractivity (Wildman–Crippen MR) is 95.7 cm³/mol. The highest BCUT2D eigenvalue weighted by Crippen LogP contribution is 2.32. The normalized spacial score (nSPS) is 27.3. The Balaban J connectivity index is 1.86. The molecule has 1 amide bonds. The number of benzene rings is 1. The molecular weight excluding hydrogens is 338 g/mol. The molecule has 2 aliphatic rings. The van der Waals surface area contributed by atoms with Gasteiger partial charge >= 0.3 is 0 Å². The average Bonchev–Trinajstić information content (AvgIpc) is 3.19. The third-order valence-electron chi connectivity index (χ3n) is 4.74. The van der Waals surface area contributed by atoms with Gasteiger partial charge in [0.2, 0.25) is 5.91 Å². The first-order valence-electron chi connectivity index (χ1n) is 8.48. The maximum absolute atomic E-state index is 13.0. The van der Waals surface area contributed by atoms with E-state index in [0.29, 0.717) is 24.3 Å². The first-order valence-corrected chi connectivity index (χ1v) is 10.0.